The number of amides is 2. The van der Waals surface area contributed by atoms with Crippen molar-refractivity contribution in [2.24, 2.45) is 0 Å². The Balaban J connectivity index is 1.25. The first-order valence-corrected chi connectivity index (χ1v) is 12.4. The van der Waals surface area contributed by atoms with Crippen LogP contribution in [0, 0.1) is 0 Å². The highest BCUT2D eigenvalue weighted by Gasteiger charge is 2.34. The number of aromatic nitrogens is 1. The highest BCUT2D eigenvalue weighted by Crippen LogP contribution is 2.24. The van der Waals surface area contributed by atoms with Crippen molar-refractivity contribution in [3.63, 3.8) is 0 Å². The molecule has 3 aromatic rings. The van der Waals surface area contributed by atoms with Crippen molar-refractivity contribution < 1.29 is 9.59 Å². The summed E-state index contributed by atoms with van der Waals surface area (Å²) >= 11 is 3.25. The Labute approximate surface area is 190 Å². The van der Waals surface area contributed by atoms with E-state index >= 15 is 0 Å². The molecule has 2 heterocycles. The van der Waals surface area contributed by atoms with Gasteiger partial charge in [0.2, 0.25) is 11.8 Å². The Hall–Kier alpha value is -2.64. The second kappa shape index (κ2) is 10.6. The minimum Gasteiger partial charge on any atom is -0.354 e. The molecule has 1 saturated heterocycles. The van der Waals surface area contributed by atoms with Crippen molar-refractivity contribution in [3.8, 4) is 10.6 Å². The van der Waals surface area contributed by atoms with Crippen molar-refractivity contribution in [2.45, 2.75) is 25.3 Å². The molecule has 1 atom stereocenters. The largest absolute Gasteiger partial charge is 0.354 e. The van der Waals surface area contributed by atoms with Crippen LogP contribution in [0.1, 0.15) is 17.7 Å². The fourth-order valence-corrected chi connectivity index (χ4v) is 5.55. The number of thiazole rings is 1. The zero-order valence-corrected chi connectivity index (χ0v) is 18.8. The molecule has 1 N–H and O–H groups in total. The second-order valence-corrected chi connectivity index (χ2v) is 9.27. The molecular formula is C24H25N3O2S2. The van der Waals surface area contributed by atoms with Gasteiger partial charge in [0, 0.05) is 36.1 Å². The third-order valence-corrected chi connectivity index (χ3v) is 7.18. The summed E-state index contributed by atoms with van der Waals surface area (Å²) in [5.41, 5.74) is 3.22. The quantitative estimate of drug-likeness (QED) is 0.562. The van der Waals surface area contributed by atoms with E-state index in [1.165, 1.54) is 0 Å². The first-order valence-electron chi connectivity index (χ1n) is 10.4. The first kappa shape index (κ1) is 21.6. The van der Waals surface area contributed by atoms with Gasteiger partial charge in [0.25, 0.3) is 0 Å². The van der Waals surface area contributed by atoms with E-state index in [2.05, 4.69) is 10.3 Å². The average molecular weight is 452 g/mol. The van der Waals surface area contributed by atoms with E-state index in [1.807, 2.05) is 66.0 Å². The maximum absolute atomic E-state index is 12.7. The molecule has 4 rings (SSSR count). The van der Waals surface area contributed by atoms with Gasteiger partial charge < -0.3 is 10.2 Å². The van der Waals surface area contributed by atoms with Crippen LogP contribution in [0.4, 0.5) is 0 Å². The Morgan fingerprint density at radius 2 is 1.77 bits per heavy atom. The van der Waals surface area contributed by atoms with Gasteiger partial charge in [-0.3, -0.25) is 9.59 Å². The number of benzene rings is 2. The van der Waals surface area contributed by atoms with Crippen LogP contribution >= 0.6 is 23.1 Å². The third-order valence-electron chi connectivity index (χ3n) is 5.23. The predicted molar refractivity (Wildman–Crippen MR) is 127 cm³/mol. The zero-order chi connectivity index (χ0) is 21.5. The average Bonchev–Trinajstić information content (AvgIpc) is 3.49. The number of thioether (sulfide) groups is 1. The fourth-order valence-electron chi connectivity index (χ4n) is 3.51. The fraction of sp³-hybridized carbons (Fsp3) is 0.292. The van der Waals surface area contributed by atoms with Crippen molar-refractivity contribution in [2.75, 3.05) is 18.2 Å². The van der Waals surface area contributed by atoms with Gasteiger partial charge in [0.1, 0.15) is 11.0 Å². The lowest BCUT2D eigenvalue weighted by molar-refractivity contribution is -0.138. The standard InChI is InChI=1S/C24H25N3O2S2/c28-22(12-11-18-7-3-1-4-8-18)27-17-30-16-21(27)23(29)25-14-13-20-15-31-24(26-20)19-9-5-2-6-10-19/h1-10,15,21H,11-14,16-17H2,(H,25,29)/t21-/m1/s1. The molecule has 0 saturated carbocycles. The van der Waals surface area contributed by atoms with E-state index in [4.69, 9.17) is 0 Å². The number of aryl methyl sites for hydroxylation is 1. The molecule has 160 valence electrons. The minimum atomic E-state index is -0.386. The zero-order valence-electron chi connectivity index (χ0n) is 17.2. The molecule has 0 radical (unpaired) electrons. The van der Waals surface area contributed by atoms with E-state index in [0.29, 0.717) is 37.4 Å². The Kier molecular flexibility index (Phi) is 7.38. The first-order chi connectivity index (χ1) is 15.2. The summed E-state index contributed by atoms with van der Waals surface area (Å²) in [6, 6.07) is 19.7. The van der Waals surface area contributed by atoms with Gasteiger partial charge in [0.05, 0.1) is 11.6 Å². The topological polar surface area (TPSA) is 62.3 Å². The van der Waals surface area contributed by atoms with Gasteiger partial charge in [-0.15, -0.1) is 23.1 Å². The van der Waals surface area contributed by atoms with Crippen LogP contribution in [-0.2, 0) is 22.4 Å². The van der Waals surface area contributed by atoms with Crippen LogP contribution in [-0.4, -0.2) is 45.9 Å². The molecule has 5 nitrogen and oxygen atoms in total. The molecule has 31 heavy (non-hydrogen) atoms. The van der Waals surface area contributed by atoms with Crippen LogP contribution < -0.4 is 5.32 Å². The lowest BCUT2D eigenvalue weighted by atomic mass is 10.1. The number of carbonyl (C=O) groups excluding carboxylic acids is 2. The SMILES string of the molecule is O=C(NCCc1csc(-c2ccccc2)n1)[C@H]1CSCN1C(=O)CCc1ccccc1. The highest BCUT2D eigenvalue weighted by atomic mass is 32.2. The number of carbonyl (C=O) groups is 2. The molecular weight excluding hydrogens is 426 g/mol. The molecule has 0 aliphatic carbocycles. The van der Waals surface area contributed by atoms with Crippen molar-refractivity contribution in [1.82, 2.24) is 15.2 Å². The van der Waals surface area contributed by atoms with Gasteiger partial charge in [0.15, 0.2) is 0 Å². The highest BCUT2D eigenvalue weighted by molar-refractivity contribution is 7.99. The van der Waals surface area contributed by atoms with E-state index in [-0.39, 0.29) is 17.9 Å². The van der Waals surface area contributed by atoms with E-state index in [9.17, 15) is 9.59 Å². The van der Waals surface area contributed by atoms with E-state index < -0.39 is 0 Å². The van der Waals surface area contributed by atoms with Crippen molar-refractivity contribution in [1.29, 1.82) is 0 Å². The molecule has 2 amide bonds. The van der Waals surface area contributed by atoms with E-state index in [0.717, 1.165) is 21.8 Å². The monoisotopic (exact) mass is 451 g/mol. The molecule has 1 aliphatic rings. The molecule has 2 aromatic carbocycles. The van der Waals surface area contributed by atoms with E-state index in [1.54, 1.807) is 28.0 Å². The number of nitrogens with one attached hydrogen (secondary N) is 1. The Morgan fingerprint density at radius 3 is 2.55 bits per heavy atom. The van der Waals surface area contributed by atoms with Crippen LogP contribution in [0.2, 0.25) is 0 Å². The van der Waals surface area contributed by atoms with Crippen molar-refractivity contribution in [3.05, 3.63) is 77.3 Å². The Bertz CT molecular complexity index is 1010. The number of rotatable bonds is 8. The maximum atomic E-state index is 12.7. The van der Waals surface area contributed by atoms with Crippen LogP contribution in [0.25, 0.3) is 10.6 Å². The van der Waals surface area contributed by atoms with Gasteiger partial charge in [-0.05, 0) is 12.0 Å². The molecule has 1 aliphatic heterocycles. The Morgan fingerprint density at radius 1 is 1.03 bits per heavy atom. The van der Waals surface area contributed by atoms with Crippen LogP contribution in [0.3, 0.4) is 0 Å². The van der Waals surface area contributed by atoms with Crippen molar-refractivity contribution >= 4 is 34.9 Å². The number of hydrogen-bond acceptors (Lipinski definition) is 5. The third kappa shape index (κ3) is 5.74. The molecule has 0 bridgehead atoms. The molecule has 0 spiro atoms. The molecule has 1 fully saturated rings. The predicted octanol–water partition coefficient (Wildman–Crippen LogP) is 4.00. The second-order valence-electron chi connectivity index (χ2n) is 7.42. The summed E-state index contributed by atoms with van der Waals surface area (Å²) in [6.07, 6.45) is 1.80. The molecule has 7 heteroatoms. The van der Waals surface area contributed by atoms with Crippen LogP contribution in [0.5, 0.6) is 0 Å². The van der Waals surface area contributed by atoms with Crippen LogP contribution in [0.15, 0.2) is 66.0 Å². The summed E-state index contributed by atoms with van der Waals surface area (Å²) in [6.45, 7) is 0.518. The number of hydrogen-bond donors (Lipinski definition) is 1. The normalized spacial score (nSPS) is 15.7. The van der Waals surface area contributed by atoms with Gasteiger partial charge in [-0.25, -0.2) is 4.98 Å². The summed E-state index contributed by atoms with van der Waals surface area (Å²) in [7, 11) is 0. The lowest BCUT2D eigenvalue weighted by Gasteiger charge is -2.23. The summed E-state index contributed by atoms with van der Waals surface area (Å²) in [4.78, 5) is 31.8. The molecule has 1 aromatic heterocycles. The molecule has 0 unspecified atom stereocenters. The lowest BCUT2D eigenvalue weighted by Crippen LogP contribution is -2.47. The van der Waals surface area contributed by atoms with Gasteiger partial charge in [-0.1, -0.05) is 60.7 Å². The summed E-state index contributed by atoms with van der Waals surface area (Å²) in [5, 5.41) is 6.03. The minimum absolute atomic E-state index is 0.0426. The smallest absolute Gasteiger partial charge is 0.243 e. The van der Waals surface area contributed by atoms with Gasteiger partial charge in [-0.2, -0.15) is 0 Å². The summed E-state index contributed by atoms with van der Waals surface area (Å²) in [5.74, 6) is 1.20. The number of nitrogens with zero attached hydrogens (tertiary/aromatic N) is 2. The summed E-state index contributed by atoms with van der Waals surface area (Å²) < 4.78 is 0. The maximum Gasteiger partial charge on any atom is 0.243 e. The van der Waals surface area contributed by atoms with Gasteiger partial charge >= 0.3 is 0 Å².